The molecule has 0 bridgehead atoms. The summed E-state index contributed by atoms with van der Waals surface area (Å²) in [6.45, 7) is 3.36. The SMILES string of the molecule is CCC(CNC(=O)CSc1nnc(-c2ccco2)n1Cc1ccccc1)c1ccccc1. The van der Waals surface area contributed by atoms with Crippen LogP contribution in [0.1, 0.15) is 30.4 Å². The number of amides is 1. The zero-order valence-electron chi connectivity index (χ0n) is 18.0. The van der Waals surface area contributed by atoms with Gasteiger partial charge in [0.05, 0.1) is 18.6 Å². The zero-order valence-corrected chi connectivity index (χ0v) is 18.8. The molecule has 1 N–H and O–H groups in total. The first-order valence-electron chi connectivity index (χ1n) is 10.7. The molecule has 32 heavy (non-hydrogen) atoms. The van der Waals surface area contributed by atoms with E-state index in [4.69, 9.17) is 4.42 Å². The second-order valence-corrected chi connectivity index (χ2v) is 8.41. The van der Waals surface area contributed by atoms with Gasteiger partial charge in [0.15, 0.2) is 10.9 Å². The lowest BCUT2D eigenvalue weighted by molar-refractivity contribution is -0.118. The van der Waals surface area contributed by atoms with E-state index >= 15 is 0 Å². The molecule has 0 spiro atoms. The molecule has 1 unspecified atom stereocenters. The van der Waals surface area contributed by atoms with Gasteiger partial charge in [0.2, 0.25) is 11.7 Å². The molecule has 4 rings (SSSR count). The molecule has 0 fully saturated rings. The molecular formula is C25H26N4O2S. The number of hydrogen-bond acceptors (Lipinski definition) is 5. The number of nitrogens with one attached hydrogen (secondary N) is 1. The maximum absolute atomic E-state index is 12.6. The fraction of sp³-hybridized carbons (Fsp3) is 0.240. The average molecular weight is 447 g/mol. The van der Waals surface area contributed by atoms with Gasteiger partial charge in [0, 0.05) is 12.5 Å². The molecule has 0 aliphatic carbocycles. The van der Waals surface area contributed by atoms with Gasteiger partial charge in [0.25, 0.3) is 0 Å². The predicted octanol–water partition coefficient (Wildman–Crippen LogP) is 4.99. The first-order valence-corrected chi connectivity index (χ1v) is 11.7. The summed E-state index contributed by atoms with van der Waals surface area (Å²) in [4.78, 5) is 12.6. The molecule has 0 radical (unpaired) electrons. The minimum Gasteiger partial charge on any atom is -0.461 e. The molecule has 0 aliphatic heterocycles. The molecule has 6 nitrogen and oxygen atoms in total. The molecule has 2 heterocycles. The molecule has 1 amide bonds. The van der Waals surface area contributed by atoms with E-state index in [-0.39, 0.29) is 11.7 Å². The number of thioether (sulfide) groups is 1. The van der Waals surface area contributed by atoms with Crippen LogP contribution < -0.4 is 5.32 Å². The summed E-state index contributed by atoms with van der Waals surface area (Å²) >= 11 is 1.38. The number of carbonyl (C=O) groups excluding carboxylic acids is 1. The molecule has 164 valence electrons. The summed E-state index contributed by atoms with van der Waals surface area (Å²) in [6, 6.07) is 24.1. The lowest BCUT2D eigenvalue weighted by Gasteiger charge is -2.16. The summed E-state index contributed by atoms with van der Waals surface area (Å²) in [7, 11) is 0. The van der Waals surface area contributed by atoms with Crippen LogP contribution in [0.15, 0.2) is 88.6 Å². The van der Waals surface area contributed by atoms with Crippen molar-refractivity contribution in [2.24, 2.45) is 0 Å². The van der Waals surface area contributed by atoms with Crippen molar-refractivity contribution in [3.8, 4) is 11.6 Å². The van der Waals surface area contributed by atoms with Gasteiger partial charge in [-0.2, -0.15) is 0 Å². The van der Waals surface area contributed by atoms with Gasteiger partial charge in [-0.25, -0.2) is 0 Å². The van der Waals surface area contributed by atoms with Crippen LogP contribution in [0.5, 0.6) is 0 Å². The van der Waals surface area contributed by atoms with E-state index in [1.165, 1.54) is 17.3 Å². The van der Waals surface area contributed by atoms with Gasteiger partial charge in [-0.05, 0) is 29.7 Å². The van der Waals surface area contributed by atoms with E-state index in [1.54, 1.807) is 6.26 Å². The Hall–Kier alpha value is -3.32. The monoisotopic (exact) mass is 446 g/mol. The lowest BCUT2D eigenvalue weighted by atomic mass is 9.96. The molecule has 0 aliphatic rings. The van der Waals surface area contributed by atoms with Crippen LogP contribution in [0.2, 0.25) is 0 Å². The lowest BCUT2D eigenvalue weighted by Crippen LogP contribution is -2.29. The van der Waals surface area contributed by atoms with Crippen molar-refractivity contribution >= 4 is 17.7 Å². The second-order valence-electron chi connectivity index (χ2n) is 7.46. The smallest absolute Gasteiger partial charge is 0.230 e. The Morgan fingerprint density at radius 3 is 2.47 bits per heavy atom. The summed E-state index contributed by atoms with van der Waals surface area (Å²) in [6.07, 6.45) is 2.59. The second kappa shape index (κ2) is 10.8. The Bertz CT molecular complexity index is 1110. The third-order valence-electron chi connectivity index (χ3n) is 5.28. The third kappa shape index (κ3) is 5.48. The van der Waals surface area contributed by atoms with Gasteiger partial charge < -0.3 is 9.73 Å². The van der Waals surface area contributed by atoms with Crippen LogP contribution >= 0.6 is 11.8 Å². The standard InChI is InChI=1S/C25H26N4O2S/c1-2-20(21-12-7-4-8-13-21)16-26-23(30)18-32-25-28-27-24(22-14-9-15-31-22)29(25)17-19-10-5-3-6-11-19/h3-15,20H,2,16-18H2,1H3,(H,26,30). The number of benzene rings is 2. The highest BCUT2D eigenvalue weighted by atomic mass is 32.2. The number of carbonyl (C=O) groups is 1. The van der Waals surface area contributed by atoms with E-state index in [9.17, 15) is 4.79 Å². The fourth-order valence-electron chi connectivity index (χ4n) is 3.53. The van der Waals surface area contributed by atoms with Gasteiger partial charge >= 0.3 is 0 Å². The Labute approximate surface area is 192 Å². The van der Waals surface area contributed by atoms with Crippen LogP contribution in [-0.2, 0) is 11.3 Å². The van der Waals surface area contributed by atoms with Crippen molar-refractivity contribution in [1.82, 2.24) is 20.1 Å². The van der Waals surface area contributed by atoms with Crippen LogP contribution in [0, 0.1) is 0 Å². The van der Waals surface area contributed by atoms with E-state index in [0.717, 1.165) is 12.0 Å². The van der Waals surface area contributed by atoms with Crippen LogP contribution in [-0.4, -0.2) is 33.0 Å². The normalized spacial score (nSPS) is 11.9. The Kier molecular flexibility index (Phi) is 7.40. The Morgan fingerprint density at radius 1 is 1.03 bits per heavy atom. The van der Waals surface area contributed by atoms with Crippen molar-refractivity contribution in [2.45, 2.75) is 31.0 Å². The van der Waals surface area contributed by atoms with Gasteiger partial charge in [-0.1, -0.05) is 79.3 Å². The van der Waals surface area contributed by atoms with Crippen molar-refractivity contribution < 1.29 is 9.21 Å². The minimum atomic E-state index is -0.0156. The molecule has 4 aromatic rings. The average Bonchev–Trinajstić information content (AvgIpc) is 3.50. The number of nitrogens with zero attached hydrogens (tertiary/aromatic N) is 3. The van der Waals surface area contributed by atoms with Gasteiger partial charge in [-0.15, -0.1) is 10.2 Å². The fourth-order valence-corrected chi connectivity index (χ4v) is 4.30. The molecular weight excluding hydrogens is 420 g/mol. The van der Waals surface area contributed by atoms with Crippen LogP contribution in [0.4, 0.5) is 0 Å². The van der Waals surface area contributed by atoms with Crippen molar-refractivity contribution in [3.05, 3.63) is 90.2 Å². The summed E-state index contributed by atoms with van der Waals surface area (Å²) < 4.78 is 7.54. The first kappa shape index (κ1) is 21.9. The third-order valence-corrected chi connectivity index (χ3v) is 6.25. The van der Waals surface area contributed by atoms with Crippen LogP contribution in [0.25, 0.3) is 11.6 Å². The quantitative estimate of drug-likeness (QED) is 0.348. The zero-order chi connectivity index (χ0) is 22.2. The molecule has 0 saturated heterocycles. The number of furan rings is 1. The first-order chi connectivity index (χ1) is 15.7. The highest BCUT2D eigenvalue weighted by molar-refractivity contribution is 7.99. The maximum Gasteiger partial charge on any atom is 0.230 e. The molecule has 2 aromatic heterocycles. The number of rotatable bonds is 10. The predicted molar refractivity (Wildman–Crippen MR) is 126 cm³/mol. The number of hydrogen-bond donors (Lipinski definition) is 1. The highest BCUT2D eigenvalue weighted by Gasteiger charge is 2.18. The molecule has 2 aromatic carbocycles. The molecule has 7 heteroatoms. The van der Waals surface area contributed by atoms with Gasteiger partial charge in [0.1, 0.15) is 0 Å². The highest BCUT2D eigenvalue weighted by Crippen LogP contribution is 2.25. The topological polar surface area (TPSA) is 73.0 Å². The maximum atomic E-state index is 12.6. The minimum absolute atomic E-state index is 0.0156. The van der Waals surface area contributed by atoms with Crippen LogP contribution in [0.3, 0.4) is 0 Å². The van der Waals surface area contributed by atoms with Crippen molar-refractivity contribution in [2.75, 3.05) is 12.3 Å². The van der Waals surface area contributed by atoms with E-state index in [2.05, 4.69) is 46.7 Å². The van der Waals surface area contributed by atoms with E-state index in [1.807, 2.05) is 53.1 Å². The summed E-state index contributed by atoms with van der Waals surface area (Å²) in [5.74, 6) is 1.86. The van der Waals surface area contributed by atoms with Crippen molar-refractivity contribution in [3.63, 3.8) is 0 Å². The van der Waals surface area contributed by atoms with E-state index < -0.39 is 0 Å². The molecule has 0 saturated carbocycles. The summed E-state index contributed by atoms with van der Waals surface area (Å²) in [5, 5.41) is 12.4. The number of aromatic nitrogens is 3. The Morgan fingerprint density at radius 2 is 1.78 bits per heavy atom. The largest absolute Gasteiger partial charge is 0.461 e. The van der Waals surface area contributed by atoms with Crippen molar-refractivity contribution in [1.29, 1.82) is 0 Å². The summed E-state index contributed by atoms with van der Waals surface area (Å²) in [5.41, 5.74) is 2.37. The Balaban J connectivity index is 1.42. The molecule has 1 atom stereocenters. The van der Waals surface area contributed by atoms with E-state index in [0.29, 0.717) is 35.7 Å². The van der Waals surface area contributed by atoms with Gasteiger partial charge in [-0.3, -0.25) is 9.36 Å².